The van der Waals surface area contributed by atoms with Gasteiger partial charge in [0.15, 0.2) is 5.76 Å². The Kier molecular flexibility index (Phi) is 3.54. The highest BCUT2D eigenvalue weighted by atomic mass is 16.3. The molecule has 3 nitrogen and oxygen atoms in total. The predicted molar refractivity (Wildman–Crippen MR) is 33.9 cm³/mol. The van der Waals surface area contributed by atoms with Gasteiger partial charge in [-0.05, 0) is 0 Å². The van der Waals surface area contributed by atoms with E-state index < -0.39 is 0 Å². The quantitative estimate of drug-likeness (QED) is 0.388. The van der Waals surface area contributed by atoms with Gasteiger partial charge in [0.05, 0.1) is 6.21 Å². The highest BCUT2D eigenvalue weighted by Crippen LogP contribution is 1.69. The summed E-state index contributed by atoms with van der Waals surface area (Å²) in [6, 6.07) is 0. The van der Waals surface area contributed by atoms with Crippen molar-refractivity contribution in [3.8, 4) is 0 Å². The van der Waals surface area contributed by atoms with Crippen molar-refractivity contribution in [3.63, 3.8) is 0 Å². The van der Waals surface area contributed by atoms with Crippen molar-refractivity contribution in [1.29, 1.82) is 0 Å². The maximum Gasteiger partial charge on any atom is 0.196 e. The first kappa shape index (κ1) is 6.92. The van der Waals surface area contributed by atoms with Gasteiger partial charge in [0.25, 0.3) is 0 Å². The summed E-state index contributed by atoms with van der Waals surface area (Å²) in [6.45, 7) is 0. The van der Waals surface area contributed by atoms with Crippen LogP contribution in [-0.2, 0) is 0 Å². The highest BCUT2D eigenvalue weighted by Gasteiger charge is 1.76. The first-order valence-electron chi connectivity index (χ1n) is 2.14. The van der Waals surface area contributed by atoms with Gasteiger partial charge in [-0.3, -0.25) is 4.99 Å². The Morgan fingerprint density at radius 2 is 2.25 bits per heavy atom. The average Bonchev–Trinajstić information content (AvgIpc) is 1.68. The molecule has 0 aromatic rings. The van der Waals surface area contributed by atoms with E-state index in [9.17, 15) is 0 Å². The number of nitrogens with zero attached hydrogens (tertiary/aromatic N) is 2. The molecular weight excluding hydrogens is 104 g/mol. The second-order valence-corrected chi connectivity index (χ2v) is 1.11. The zero-order valence-corrected chi connectivity index (χ0v) is 4.92. The first-order valence-corrected chi connectivity index (χ1v) is 2.14. The minimum absolute atomic E-state index is 0.0463. The number of hydrogen-bond acceptors (Lipinski definition) is 3. The smallest absolute Gasteiger partial charge is 0.196 e. The molecule has 0 radical (unpaired) electrons. The molecular formula is C5H8N2O. The molecule has 3 heteroatoms. The average molecular weight is 112 g/mol. The third-order valence-corrected chi connectivity index (χ3v) is 0.478. The largest absolute Gasteiger partial charge is 0.499 e. The zero-order chi connectivity index (χ0) is 6.41. The van der Waals surface area contributed by atoms with E-state index in [-0.39, 0.29) is 5.76 Å². The lowest BCUT2D eigenvalue weighted by Crippen LogP contribution is -1.80. The Labute approximate surface area is 48.1 Å². The zero-order valence-electron chi connectivity index (χ0n) is 4.92. The summed E-state index contributed by atoms with van der Waals surface area (Å²) in [6.07, 6.45) is 1.27. The van der Waals surface area contributed by atoms with Gasteiger partial charge in [0.2, 0.25) is 0 Å². The summed E-state index contributed by atoms with van der Waals surface area (Å²) >= 11 is 0. The van der Waals surface area contributed by atoms with Gasteiger partial charge in [-0.2, -0.15) is 0 Å². The van der Waals surface area contributed by atoms with Gasteiger partial charge in [0, 0.05) is 20.0 Å². The molecule has 0 saturated heterocycles. The predicted octanol–water partition coefficient (Wildman–Crippen LogP) is 0.428. The fourth-order valence-electron chi connectivity index (χ4n) is 0.266. The van der Waals surface area contributed by atoms with Crippen molar-refractivity contribution >= 4 is 12.1 Å². The number of aliphatic hydroxyl groups excluding tert-OH is 1. The standard InChI is InChI=1S/C5H8N2O/c1-6-3-5(8)4-7-2/h3,8H,1-2H3. The lowest BCUT2D eigenvalue weighted by molar-refractivity contribution is 0.454. The van der Waals surface area contributed by atoms with Crippen LogP contribution >= 0.6 is 0 Å². The normalized spacial score (nSPS) is 8.75. The number of allylic oxidation sites excluding steroid dienone is 1. The third-order valence-electron chi connectivity index (χ3n) is 0.478. The van der Waals surface area contributed by atoms with Crippen molar-refractivity contribution < 1.29 is 5.11 Å². The van der Waals surface area contributed by atoms with E-state index in [0.29, 0.717) is 0 Å². The Bertz CT molecular complexity index is 143. The molecule has 0 spiro atoms. The Morgan fingerprint density at radius 3 is 2.62 bits per heavy atom. The summed E-state index contributed by atoms with van der Waals surface area (Å²) in [5.74, 6) is 2.25. The molecule has 0 aliphatic carbocycles. The third kappa shape index (κ3) is 3.12. The van der Waals surface area contributed by atoms with Crippen LogP contribution in [0.25, 0.3) is 0 Å². The van der Waals surface area contributed by atoms with E-state index in [2.05, 4.69) is 15.9 Å². The summed E-state index contributed by atoms with van der Waals surface area (Å²) < 4.78 is 0. The van der Waals surface area contributed by atoms with Crippen LogP contribution in [-0.4, -0.2) is 31.3 Å². The maximum absolute atomic E-state index is 8.61. The molecule has 0 bridgehead atoms. The Hall–Kier alpha value is -1.08. The van der Waals surface area contributed by atoms with Crippen LogP contribution in [0, 0.1) is 0 Å². The number of aliphatic hydroxyl groups is 1. The van der Waals surface area contributed by atoms with Crippen molar-refractivity contribution in [2.24, 2.45) is 9.98 Å². The molecule has 0 rings (SSSR count). The minimum atomic E-state index is -0.0463. The summed E-state index contributed by atoms with van der Waals surface area (Å²) in [5.41, 5.74) is 0. The van der Waals surface area contributed by atoms with Crippen molar-refractivity contribution in [3.05, 3.63) is 5.76 Å². The van der Waals surface area contributed by atoms with Crippen LogP contribution in [0.5, 0.6) is 0 Å². The molecule has 0 aromatic carbocycles. The molecule has 8 heavy (non-hydrogen) atoms. The second kappa shape index (κ2) is 4.09. The number of rotatable bonds is 1. The van der Waals surface area contributed by atoms with Gasteiger partial charge < -0.3 is 5.11 Å². The van der Waals surface area contributed by atoms with E-state index in [1.807, 2.05) is 0 Å². The van der Waals surface area contributed by atoms with Gasteiger partial charge in [-0.25, -0.2) is 4.99 Å². The maximum atomic E-state index is 8.61. The van der Waals surface area contributed by atoms with E-state index in [1.54, 1.807) is 7.05 Å². The van der Waals surface area contributed by atoms with Crippen LogP contribution in [0.15, 0.2) is 15.7 Å². The molecule has 0 aliphatic rings. The lowest BCUT2D eigenvalue weighted by Gasteiger charge is -1.76. The van der Waals surface area contributed by atoms with E-state index in [0.717, 1.165) is 0 Å². The van der Waals surface area contributed by atoms with Crippen molar-refractivity contribution in [2.45, 2.75) is 0 Å². The molecule has 44 valence electrons. The topological polar surface area (TPSA) is 45.0 Å². The summed E-state index contributed by atoms with van der Waals surface area (Å²) in [5, 5.41) is 8.61. The molecule has 0 fully saturated rings. The van der Waals surface area contributed by atoms with Gasteiger partial charge in [0.1, 0.15) is 0 Å². The van der Waals surface area contributed by atoms with Gasteiger partial charge in [-0.1, -0.05) is 0 Å². The van der Waals surface area contributed by atoms with Crippen LogP contribution < -0.4 is 0 Å². The molecule has 0 aliphatic heterocycles. The van der Waals surface area contributed by atoms with Crippen molar-refractivity contribution in [2.75, 3.05) is 14.1 Å². The van der Waals surface area contributed by atoms with Crippen molar-refractivity contribution in [1.82, 2.24) is 0 Å². The van der Waals surface area contributed by atoms with Crippen LogP contribution in [0.3, 0.4) is 0 Å². The fraction of sp³-hybridized carbons (Fsp3) is 0.400. The van der Waals surface area contributed by atoms with Gasteiger partial charge >= 0.3 is 0 Å². The molecule has 0 heterocycles. The van der Waals surface area contributed by atoms with E-state index in [4.69, 9.17) is 5.11 Å². The minimum Gasteiger partial charge on any atom is -0.499 e. The Morgan fingerprint density at radius 1 is 1.62 bits per heavy atom. The summed E-state index contributed by atoms with van der Waals surface area (Å²) in [4.78, 5) is 6.95. The van der Waals surface area contributed by atoms with E-state index >= 15 is 0 Å². The second-order valence-electron chi connectivity index (χ2n) is 1.11. The molecule has 0 aromatic heterocycles. The monoisotopic (exact) mass is 112 g/mol. The Balaban J connectivity index is 4.01. The van der Waals surface area contributed by atoms with Crippen LogP contribution in [0.4, 0.5) is 0 Å². The highest BCUT2D eigenvalue weighted by molar-refractivity contribution is 5.87. The van der Waals surface area contributed by atoms with Crippen LogP contribution in [0.1, 0.15) is 0 Å². The fourth-order valence-corrected chi connectivity index (χ4v) is 0.266. The SMILES string of the molecule is CN=C=C(O)C=NC. The molecule has 1 N–H and O–H groups in total. The molecule has 0 atom stereocenters. The van der Waals surface area contributed by atoms with Crippen LogP contribution in [0.2, 0.25) is 0 Å². The molecule has 0 saturated carbocycles. The number of aliphatic imine (C=N–C) groups is 2. The van der Waals surface area contributed by atoms with E-state index in [1.165, 1.54) is 13.3 Å². The molecule has 0 unspecified atom stereocenters. The number of hydrogen-bond donors (Lipinski definition) is 1. The molecule has 0 amide bonds. The van der Waals surface area contributed by atoms with Gasteiger partial charge in [-0.15, -0.1) is 0 Å². The first-order chi connectivity index (χ1) is 3.81. The summed E-state index contributed by atoms with van der Waals surface area (Å²) in [7, 11) is 3.09. The lowest BCUT2D eigenvalue weighted by atomic mass is 10.6.